The second-order valence-electron chi connectivity index (χ2n) is 1.68. The number of allylic oxidation sites excluding steroid dienone is 2. The van der Waals surface area contributed by atoms with Crippen LogP contribution >= 0.6 is 0 Å². The van der Waals surface area contributed by atoms with Crippen molar-refractivity contribution in [2.45, 2.75) is 6.17 Å². The molecule has 0 rings (SSSR count). The van der Waals surface area contributed by atoms with E-state index in [1.807, 2.05) is 0 Å². The summed E-state index contributed by atoms with van der Waals surface area (Å²) in [6.45, 7) is 3.09. The van der Waals surface area contributed by atoms with Crippen LogP contribution in [0.5, 0.6) is 0 Å². The number of nitrogens with zero attached hydrogens (tertiary/aromatic N) is 1. The molecule has 58 valence electrons. The molecule has 11 heavy (non-hydrogen) atoms. The number of alkyl halides is 1. The average Bonchev–Trinajstić information content (AvgIpc) is 1.99. The van der Waals surface area contributed by atoms with Crippen molar-refractivity contribution in [3.05, 3.63) is 24.3 Å². The molecule has 4 heteroatoms. The lowest BCUT2D eigenvalue weighted by Gasteiger charge is -1.92. The zero-order valence-electron chi connectivity index (χ0n) is 5.62. The molecule has 0 saturated carbocycles. The summed E-state index contributed by atoms with van der Waals surface area (Å²) in [6.07, 6.45) is 0.0102. The molecular formula is C7H6FNO2. The van der Waals surface area contributed by atoms with E-state index in [1.165, 1.54) is 6.07 Å². The largest absolute Gasteiger partial charge is 0.477 e. The van der Waals surface area contributed by atoms with Crippen molar-refractivity contribution in [3.8, 4) is 6.07 Å². The van der Waals surface area contributed by atoms with Crippen LogP contribution in [-0.4, -0.2) is 17.2 Å². The molecule has 0 radical (unpaired) electrons. The lowest BCUT2D eigenvalue weighted by molar-refractivity contribution is -0.132. The predicted molar refractivity (Wildman–Crippen MR) is 36.4 cm³/mol. The predicted octanol–water partition coefficient (Wildman–Crippen LogP) is 1.05. The summed E-state index contributed by atoms with van der Waals surface area (Å²) >= 11 is 0. The molecule has 0 aliphatic heterocycles. The lowest BCUT2D eigenvalue weighted by atomic mass is 10.2. The molecule has 0 spiro atoms. The van der Waals surface area contributed by atoms with E-state index in [1.54, 1.807) is 0 Å². The van der Waals surface area contributed by atoms with E-state index < -0.39 is 17.7 Å². The Balaban J connectivity index is 4.51. The van der Waals surface area contributed by atoms with E-state index in [2.05, 4.69) is 6.58 Å². The quantitative estimate of drug-likeness (QED) is 0.376. The first-order chi connectivity index (χ1) is 5.11. The summed E-state index contributed by atoms with van der Waals surface area (Å²) in [5, 5.41) is 16.4. The van der Waals surface area contributed by atoms with Crippen molar-refractivity contribution in [1.82, 2.24) is 0 Å². The first-order valence-electron chi connectivity index (χ1n) is 2.73. The van der Waals surface area contributed by atoms with Gasteiger partial charge in [0.2, 0.25) is 0 Å². The molecule has 1 N–H and O–H groups in total. The number of hydrogen-bond acceptors (Lipinski definition) is 2. The SMILES string of the molecule is C=CC(F)C=C(C#N)C(=O)O. The fraction of sp³-hybridized carbons (Fsp3) is 0.143. The van der Waals surface area contributed by atoms with E-state index in [0.717, 1.165) is 6.08 Å². The summed E-state index contributed by atoms with van der Waals surface area (Å²) in [7, 11) is 0. The molecule has 3 nitrogen and oxygen atoms in total. The number of halogens is 1. The normalized spacial score (nSPS) is 13.3. The van der Waals surface area contributed by atoms with Gasteiger partial charge in [-0.25, -0.2) is 9.18 Å². The molecular weight excluding hydrogens is 149 g/mol. The van der Waals surface area contributed by atoms with E-state index in [4.69, 9.17) is 10.4 Å². The second kappa shape index (κ2) is 4.23. The van der Waals surface area contributed by atoms with Crippen LogP contribution in [0, 0.1) is 11.3 Å². The smallest absolute Gasteiger partial charge is 0.346 e. The third-order valence-corrected chi connectivity index (χ3v) is 0.902. The van der Waals surface area contributed by atoms with Crippen LogP contribution in [0.1, 0.15) is 0 Å². The highest BCUT2D eigenvalue weighted by atomic mass is 19.1. The summed E-state index contributed by atoms with van der Waals surface area (Å²) in [6, 6.07) is 1.34. The van der Waals surface area contributed by atoms with Crippen LogP contribution in [0.15, 0.2) is 24.3 Å². The summed E-state index contributed by atoms with van der Waals surface area (Å²) < 4.78 is 12.3. The Kier molecular flexibility index (Phi) is 3.60. The molecule has 0 aromatic rings. The minimum absolute atomic E-state index is 0.614. The number of nitriles is 1. The van der Waals surface area contributed by atoms with Crippen molar-refractivity contribution in [3.63, 3.8) is 0 Å². The van der Waals surface area contributed by atoms with Crippen LogP contribution < -0.4 is 0 Å². The fourth-order valence-corrected chi connectivity index (χ4v) is 0.384. The molecule has 0 fully saturated rings. The second-order valence-corrected chi connectivity index (χ2v) is 1.68. The van der Waals surface area contributed by atoms with Gasteiger partial charge in [-0.3, -0.25) is 0 Å². The van der Waals surface area contributed by atoms with E-state index in [-0.39, 0.29) is 0 Å². The van der Waals surface area contributed by atoms with E-state index in [0.29, 0.717) is 6.08 Å². The zero-order chi connectivity index (χ0) is 8.85. The molecule has 1 unspecified atom stereocenters. The Morgan fingerprint density at radius 2 is 2.36 bits per heavy atom. The van der Waals surface area contributed by atoms with Gasteiger partial charge in [0.05, 0.1) is 0 Å². The number of carbonyl (C=O) groups is 1. The molecule has 0 aliphatic rings. The van der Waals surface area contributed by atoms with Crippen molar-refractivity contribution in [2.75, 3.05) is 0 Å². The van der Waals surface area contributed by atoms with Crippen LogP contribution in [0.4, 0.5) is 4.39 Å². The fourth-order valence-electron chi connectivity index (χ4n) is 0.384. The third kappa shape index (κ3) is 3.16. The first-order valence-corrected chi connectivity index (χ1v) is 2.73. The number of rotatable bonds is 3. The van der Waals surface area contributed by atoms with Gasteiger partial charge < -0.3 is 5.11 Å². The lowest BCUT2D eigenvalue weighted by Crippen LogP contribution is -2.01. The molecule has 0 aliphatic carbocycles. The average molecular weight is 155 g/mol. The molecule has 0 aromatic heterocycles. The Bertz CT molecular complexity index is 239. The maximum absolute atomic E-state index is 12.3. The summed E-state index contributed by atoms with van der Waals surface area (Å²) in [5.41, 5.74) is -0.614. The topological polar surface area (TPSA) is 61.1 Å². The first kappa shape index (κ1) is 9.37. The maximum atomic E-state index is 12.3. The van der Waals surface area contributed by atoms with E-state index in [9.17, 15) is 9.18 Å². The number of hydrogen-bond donors (Lipinski definition) is 1. The number of carboxylic acid groups (broad SMARTS) is 1. The Labute approximate surface area is 63.1 Å². The number of aliphatic carboxylic acids is 1. The molecule has 0 aromatic carbocycles. The minimum atomic E-state index is -1.58. The van der Waals surface area contributed by atoms with Gasteiger partial charge in [-0.05, 0) is 6.08 Å². The third-order valence-electron chi connectivity index (χ3n) is 0.902. The van der Waals surface area contributed by atoms with Crippen LogP contribution in [0.3, 0.4) is 0 Å². The standard InChI is InChI=1S/C7H6FNO2/c1-2-6(8)3-5(4-9)7(10)11/h2-3,6H,1H2,(H,10,11). The molecule has 0 heterocycles. The van der Waals surface area contributed by atoms with E-state index >= 15 is 0 Å². The molecule has 0 amide bonds. The van der Waals surface area contributed by atoms with Crippen LogP contribution in [0.25, 0.3) is 0 Å². The molecule has 1 atom stereocenters. The monoisotopic (exact) mass is 155 g/mol. The van der Waals surface area contributed by atoms with Gasteiger partial charge in [0, 0.05) is 0 Å². The zero-order valence-corrected chi connectivity index (χ0v) is 5.62. The molecule has 0 saturated heterocycles. The van der Waals surface area contributed by atoms with Gasteiger partial charge >= 0.3 is 5.97 Å². The van der Waals surface area contributed by atoms with Gasteiger partial charge in [0.25, 0.3) is 0 Å². The molecule has 0 bridgehead atoms. The Morgan fingerprint density at radius 3 is 2.64 bits per heavy atom. The van der Waals surface area contributed by atoms with Gasteiger partial charge in [-0.2, -0.15) is 5.26 Å². The van der Waals surface area contributed by atoms with Crippen molar-refractivity contribution in [2.24, 2.45) is 0 Å². The van der Waals surface area contributed by atoms with Crippen LogP contribution in [-0.2, 0) is 4.79 Å². The van der Waals surface area contributed by atoms with Gasteiger partial charge in [0.1, 0.15) is 17.8 Å². The van der Waals surface area contributed by atoms with Crippen molar-refractivity contribution in [1.29, 1.82) is 5.26 Å². The Hall–Kier alpha value is -1.63. The van der Waals surface area contributed by atoms with Crippen molar-refractivity contribution >= 4 is 5.97 Å². The highest BCUT2D eigenvalue weighted by Gasteiger charge is 2.07. The van der Waals surface area contributed by atoms with Crippen LogP contribution in [0.2, 0.25) is 0 Å². The summed E-state index contributed by atoms with van der Waals surface area (Å²) in [5.74, 6) is -1.43. The van der Waals surface area contributed by atoms with Crippen molar-refractivity contribution < 1.29 is 14.3 Å². The summed E-state index contributed by atoms with van der Waals surface area (Å²) in [4.78, 5) is 10.1. The van der Waals surface area contributed by atoms with Gasteiger partial charge in [0.15, 0.2) is 0 Å². The number of carboxylic acids is 1. The van der Waals surface area contributed by atoms with Gasteiger partial charge in [-0.1, -0.05) is 12.7 Å². The Morgan fingerprint density at radius 1 is 1.82 bits per heavy atom. The highest BCUT2D eigenvalue weighted by Crippen LogP contribution is 2.00. The van der Waals surface area contributed by atoms with Gasteiger partial charge in [-0.15, -0.1) is 0 Å². The minimum Gasteiger partial charge on any atom is -0.477 e. The maximum Gasteiger partial charge on any atom is 0.346 e. The highest BCUT2D eigenvalue weighted by molar-refractivity contribution is 5.91.